The van der Waals surface area contributed by atoms with Gasteiger partial charge in [-0.05, 0) is 44.5 Å². The van der Waals surface area contributed by atoms with Crippen LogP contribution in [-0.4, -0.2) is 9.97 Å². The monoisotopic (exact) mass is 250 g/mol. The average molecular weight is 251 g/mol. The Balaban J connectivity index is 2.60. The highest BCUT2D eigenvalue weighted by Gasteiger charge is 2.10. The Morgan fingerprint density at radius 1 is 1.06 bits per heavy atom. The Kier molecular flexibility index (Phi) is 3.11. The minimum absolute atomic E-state index is 0.235. The first-order valence-electron chi connectivity index (χ1n) is 5.26. The van der Waals surface area contributed by atoms with Crippen LogP contribution in [-0.2, 0) is 0 Å². The molecule has 0 fully saturated rings. The van der Waals surface area contributed by atoms with E-state index < -0.39 is 0 Å². The molecule has 1 aromatic heterocycles. The molecule has 0 unspecified atom stereocenters. The van der Waals surface area contributed by atoms with Crippen molar-refractivity contribution in [2.75, 3.05) is 0 Å². The number of aryl methyl sites for hydroxylation is 3. The zero-order valence-electron chi connectivity index (χ0n) is 9.88. The van der Waals surface area contributed by atoms with Gasteiger partial charge in [-0.3, -0.25) is 0 Å². The van der Waals surface area contributed by atoms with Crippen LogP contribution in [0.3, 0.4) is 0 Å². The highest BCUT2D eigenvalue weighted by Crippen LogP contribution is 2.26. The van der Waals surface area contributed by atoms with Crippen molar-refractivity contribution in [2.24, 2.45) is 0 Å². The fraction of sp³-hybridized carbons (Fsp3) is 0.231. The molecule has 2 rings (SSSR count). The summed E-state index contributed by atoms with van der Waals surface area (Å²) < 4.78 is 13.2. The maximum Gasteiger partial charge on any atom is 0.155 e. The Morgan fingerprint density at radius 2 is 1.71 bits per heavy atom. The van der Waals surface area contributed by atoms with Crippen LogP contribution in [0, 0.1) is 26.6 Å². The molecule has 0 bridgehead atoms. The summed E-state index contributed by atoms with van der Waals surface area (Å²) in [5, 5.41) is 0.346. The molecule has 0 saturated carbocycles. The number of halogens is 2. The third-order valence-electron chi connectivity index (χ3n) is 2.70. The molecule has 88 valence electrons. The molecule has 0 aliphatic carbocycles. The molecule has 0 atom stereocenters. The molecule has 4 heteroatoms. The SMILES string of the molecule is Cc1cc(-c2nc(C)c(C)nc2Cl)ccc1F. The third-order valence-corrected chi connectivity index (χ3v) is 2.96. The second kappa shape index (κ2) is 4.41. The van der Waals surface area contributed by atoms with Gasteiger partial charge in [0.25, 0.3) is 0 Å². The van der Waals surface area contributed by atoms with E-state index in [1.807, 2.05) is 13.8 Å². The highest BCUT2D eigenvalue weighted by molar-refractivity contribution is 6.31. The van der Waals surface area contributed by atoms with Gasteiger partial charge in [0.1, 0.15) is 11.5 Å². The molecule has 0 radical (unpaired) electrons. The van der Waals surface area contributed by atoms with E-state index in [9.17, 15) is 4.39 Å². The minimum Gasteiger partial charge on any atom is -0.248 e. The van der Waals surface area contributed by atoms with Gasteiger partial charge in [0.05, 0.1) is 11.4 Å². The molecule has 0 aliphatic rings. The molecule has 0 N–H and O–H groups in total. The Morgan fingerprint density at radius 3 is 2.35 bits per heavy atom. The topological polar surface area (TPSA) is 25.8 Å². The fourth-order valence-electron chi connectivity index (χ4n) is 1.55. The number of nitrogens with zero attached hydrogens (tertiary/aromatic N) is 2. The van der Waals surface area contributed by atoms with Crippen molar-refractivity contribution in [3.05, 3.63) is 46.1 Å². The fourth-order valence-corrected chi connectivity index (χ4v) is 1.83. The van der Waals surface area contributed by atoms with Crippen LogP contribution in [0.1, 0.15) is 17.0 Å². The van der Waals surface area contributed by atoms with Gasteiger partial charge in [0, 0.05) is 5.56 Å². The number of benzene rings is 1. The summed E-state index contributed by atoms with van der Waals surface area (Å²) in [5.41, 5.74) is 3.57. The summed E-state index contributed by atoms with van der Waals surface area (Å²) in [6, 6.07) is 4.80. The van der Waals surface area contributed by atoms with Gasteiger partial charge in [-0.1, -0.05) is 11.6 Å². The van der Waals surface area contributed by atoms with Crippen molar-refractivity contribution >= 4 is 11.6 Å². The van der Waals surface area contributed by atoms with Gasteiger partial charge >= 0.3 is 0 Å². The van der Waals surface area contributed by atoms with Crippen LogP contribution in [0.2, 0.25) is 5.15 Å². The van der Waals surface area contributed by atoms with Gasteiger partial charge in [-0.15, -0.1) is 0 Å². The van der Waals surface area contributed by atoms with Crippen molar-refractivity contribution in [3.63, 3.8) is 0 Å². The summed E-state index contributed by atoms with van der Waals surface area (Å²) in [7, 11) is 0. The molecule has 17 heavy (non-hydrogen) atoms. The summed E-state index contributed by atoms with van der Waals surface area (Å²) in [6.07, 6.45) is 0. The lowest BCUT2D eigenvalue weighted by Crippen LogP contribution is -1.97. The average Bonchev–Trinajstić information content (AvgIpc) is 2.27. The van der Waals surface area contributed by atoms with E-state index in [4.69, 9.17) is 11.6 Å². The first-order valence-corrected chi connectivity index (χ1v) is 5.64. The molecule has 0 amide bonds. The lowest BCUT2D eigenvalue weighted by atomic mass is 10.1. The maximum atomic E-state index is 13.2. The lowest BCUT2D eigenvalue weighted by Gasteiger charge is -2.07. The summed E-state index contributed by atoms with van der Waals surface area (Å²) in [4.78, 5) is 8.61. The van der Waals surface area contributed by atoms with Crippen LogP contribution in [0.4, 0.5) is 4.39 Å². The normalized spacial score (nSPS) is 10.6. The Bertz CT molecular complexity index is 582. The van der Waals surface area contributed by atoms with E-state index in [1.54, 1.807) is 19.1 Å². The van der Waals surface area contributed by atoms with Gasteiger partial charge in [0.15, 0.2) is 5.15 Å². The van der Waals surface area contributed by atoms with Crippen LogP contribution in [0.15, 0.2) is 18.2 Å². The standard InChI is InChI=1S/C13H12ClFN2/c1-7-6-10(4-5-11(7)15)12-13(14)17-9(3)8(2)16-12/h4-6H,1-3H3. The molecule has 2 aromatic rings. The predicted octanol–water partition coefficient (Wildman–Crippen LogP) is 3.86. The zero-order chi connectivity index (χ0) is 12.6. The third kappa shape index (κ3) is 2.29. The smallest absolute Gasteiger partial charge is 0.155 e. The van der Waals surface area contributed by atoms with E-state index in [-0.39, 0.29) is 5.82 Å². The van der Waals surface area contributed by atoms with Crippen LogP contribution in [0.25, 0.3) is 11.3 Å². The number of rotatable bonds is 1. The Labute approximate surface area is 104 Å². The van der Waals surface area contributed by atoms with Gasteiger partial charge in [-0.2, -0.15) is 0 Å². The summed E-state index contributed by atoms with van der Waals surface area (Å²) in [5.74, 6) is -0.235. The van der Waals surface area contributed by atoms with E-state index >= 15 is 0 Å². The van der Waals surface area contributed by atoms with Crippen LogP contribution >= 0.6 is 11.6 Å². The van der Waals surface area contributed by atoms with Crippen molar-refractivity contribution in [1.29, 1.82) is 0 Å². The van der Waals surface area contributed by atoms with Gasteiger partial charge < -0.3 is 0 Å². The van der Waals surface area contributed by atoms with Crippen molar-refractivity contribution < 1.29 is 4.39 Å². The van der Waals surface area contributed by atoms with Crippen molar-refractivity contribution in [3.8, 4) is 11.3 Å². The van der Waals surface area contributed by atoms with E-state index in [0.29, 0.717) is 16.4 Å². The lowest BCUT2D eigenvalue weighted by molar-refractivity contribution is 0.618. The predicted molar refractivity (Wildman–Crippen MR) is 66.6 cm³/mol. The molecular formula is C13H12ClFN2. The summed E-state index contributed by atoms with van der Waals surface area (Å²) in [6.45, 7) is 5.44. The molecule has 1 aromatic carbocycles. The van der Waals surface area contributed by atoms with Gasteiger partial charge in [-0.25, -0.2) is 14.4 Å². The van der Waals surface area contributed by atoms with Crippen molar-refractivity contribution in [2.45, 2.75) is 20.8 Å². The van der Waals surface area contributed by atoms with E-state index in [0.717, 1.165) is 17.0 Å². The maximum absolute atomic E-state index is 13.2. The highest BCUT2D eigenvalue weighted by atomic mass is 35.5. The van der Waals surface area contributed by atoms with E-state index in [1.165, 1.54) is 6.07 Å². The van der Waals surface area contributed by atoms with E-state index in [2.05, 4.69) is 9.97 Å². The van der Waals surface area contributed by atoms with Crippen LogP contribution in [0.5, 0.6) is 0 Å². The number of aromatic nitrogens is 2. The quantitative estimate of drug-likeness (QED) is 0.768. The minimum atomic E-state index is -0.235. The van der Waals surface area contributed by atoms with Crippen LogP contribution < -0.4 is 0 Å². The molecule has 1 heterocycles. The van der Waals surface area contributed by atoms with Gasteiger partial charge in [0.2, 0.25) is 0 Å². The van der Waals surface area contributed by atoms with Crippen molar-refractivity contribution in [1.82, 2.24) is 9.97 Å². The number of hydrogen-bond acceptors (Lipinski definition) is 2. The second-order valence-electron chi connectivity index (χ2n) is 4.00. The zero-order valence-corrected chi connectivity index (χ0v) is 10.6. The number of hydrogen-bond donors (Lipinski definition) is 0. The summed E-state index contributed by atoms with van der Waals surface area (Å²) >= 11 is 6.06. The molecule has 0 spiro atoms. The Hall–Kier alpha value is -1.48. The largest absolute Gasteiger partial charge is 0.248 e. The molecule has 0 aliphatic heterocycles. The molecule has 2 nitrogen and oxygen atoms in total. The molecule has 0 saturated heterocycles. The molecular weight excluding hydrogens is 239 g/mol. The first-order chi connectivity index (χ1) is 7.99. The second-order valence-corrected chi connectivity index (χ2v) is 4.36. The first kappa shape index (κ1) is 12.0.